The third-order valence-corrected chi connectivity index (χ3v) is 3.31. The van der Waals surface area contributed by atoms with Gasteiger partial charge in [-0.15, -0.1) is 0 Å². The Bertz CT molecular complexity index is 1100. The van der Waals surface area contributed by atoms with Gasteiger partial charge in [0, 0.05) is 12.1 Å². The van der Waals surface area contributed by atoms with E-state index in [4.69, 9.17) is 4.42 Å². The predicted octanol–water partition coefficient (Wildman–Crippen LogP) is 1.46. The van der Waals surface area contributed by atoms with Crippen molar-refractivity contribution in [3.63, 3.8) is 0 Å². The Hall–Kier alpha value is -3.22. The summed E-state index contributed by atoms with van der Waals surface area (Å²) < 4.78 is 6.38. The third kappa shape index (κ3) is 1.68. The molecule has 0 saturated heterocycles. The van der Waals surface area contributed by atoms with Crippen molar-refractivity contribution in [1.82, 2.24) is 14.5 Å². The van der Waals surface area contributed by atoms with Crippen LogP contribution in [0.2, 0.25) is 0 Å². The monoisotopic (exact) mass is 283 g/mol. The summed E-state index contributed by atoms with van der Waals surface area (Å²) in [6, 6.07) is 9.60. The number of hydrogen-bond donors (Lipinski definition) is 3. The van der Waals surface area contributed by atoms with E-state index in [1.807, 2.05) is 0 Å². The van der Waals surface area contributed by atoms with E-state index in [1.54, 1.807) is 24.3 Å². The number of fused-ring (bicyclic) bond motifs is 2. The zero-order valence-corrected chi connectivity index (χ0v) is 10.6. The van der Waals surface area contributed by atoms with Crippen molar-refractivity contribution in [2.45, 2.75) is 0 Å². The lowest BCUT2D eigenvalue weighted by Crippen LogP contribution is -2.14. The first-order valence-corrected chi connectivity index (χ1v) is 6.19. The summed E-state index contributed by atoms with van der Waals surface area (Å²) in [6.45, 7) is 0. The molecule has 2 aromatic carbocycles. The van der Waals surface area contributed by atoms with Crippen molar-refractivity contribution in [3.8, 4) is 11.4 Å². The maximum absolute atomic E-state index is 12.1. The number of nitrogens with one attached hydrogen (secondary N) is 2. The highest BCUT2D eigenvalue weighted by Crippen LogP contribution is 2.22. The molecule has 0 radical (unpaired) electrons. The fourth-order valence-corrected chi connectivity index (χ4v) is 2.44. The Morgan fingerprint density at radius 3 is 2.71 bits per heavy atom. The molecule has 2 aromatic heterocycles. The van der Waals surface area contributed by atoms with E-state index in [-0.39, 0.29) is 11.4 Å². The highest BCUT2D eigenvalue weighted by Gasteiger charge is 2.12. The number of nitrogens with zero attached hydrogens (tertiary/aromatic N) is 1. The van der Waals surface area contributed by atoms with E-state index < -0.39 is 5.76 Å². The first-order chi connectivity index (χ1) is 10.1. The van der Waals surface area contributed by atoms with Crippen molar-refractivity contribution >= 4 is 22.1 Å². The Kier molecular flexibility index (Phi) is 2.15. The number of aromatic nitrogens is 3. The van der Waals surface area contributed by atoms with Gasteiger partial charge < -0.3 is 14.5 Å². The Balaban J connectivity index is 2.12. The molecular formula is C14H9N3O4. The molecule has 21 heavy (non-hydrogen) atoms. The number of aromatic amines is 2. The Morgan fingerprint density at radius 2 is 1.90 bits per heavy atom. The summed E-state index contributed by atoms with van der Waals surface area (Å²) in [5.41, 5.74) is 2.17. The van der Waals surface area contributed by atoms with Crippen LogP contribution in [0, 0.1) is 0 Å². The topological polar surface area (TPSA) is 104 Å². The number of phenols is 1. The van der Waals surface area contributed by atoms with Crippen LogP contribution in [0.25, 0.3) is 27.8 Å². The van der Waals surface area contributed by atoms with Crippen molar-refractivity contribution in [1.29, 1.82) is 0 Å². The van der Waals surface area contributed by atoms with Crippen LogP contribution < -0.4 is 11.4 Å². The lowest BCUT2D eigenvalue weighted by atomic mass is 10.2. The standard InChI is InChI=1S/C14H9N3O4/c18-8-3-1-2-7(4-8)17-11-5-10-12(21-14(20)16-10)6-9(11)15-13(17)19/h1-6,18H,(H,15,19)(H,16,20). The maximum atomic E-state index is 12.1. The van der Waals surface area contributed by atoms with Gasteiger partial charge in [-0.3, -0.25) is 9.55 Å². The number of hydrogen-bond acceptors (Lipinski definition) is 4. The molecule has 2 heterocycles. The molecule has 0 aliphatic carbocycles. The minimum Gasteiger partial charge on any atom is -0.508 e. The van der Waals surface area contributed by atoms with E-state index in [2.05, 4.69) is 9.97 Å². The van der Waals surface area contributed by atoms with E-state index in [9.17, 15) is 14.7 Å². The summed E-state index contributed by atoms with van der Waals surface area (Å²) >= 11 is 0. The van der Waals surface area contributed by atoms with Crippen LogP contribution in [0.15, 0.2) is 50.4 Å². The summed E-state index contributed by atoms with van der Waals surface area (Å²) in [7, 11) is 0. The number of oxazole rings is 1. The molecule has 4 aromatic rings. The number of imidazole rings is 1. The highest BCUT2D eigenvalue weighted by atomic mass is 16.4. The third-order valence-electron chi connectivity index (χ3n) is 3.31. The van der Waals surface area contributed by atoms with Crippen LogP contribution in [-0.2, 0) is 0 Å². The number of rotatable bonds is 1. The summed E-state index contributed by atoms with van der Waals surface area (Å²) in [5.74, 6) is -0.490. The van der Waals surface area contributed by atoms with Gasteiger partial charge in [-0.25, -0.2) is 9.59 Å². The van der Waals surface area contributed by atoms with Crippen molar-refractivity contribution in [2.75, 3.05) is 0 Å². The smallest absolute Gasteiger partial charge is 0.417 e. The highest BCUT2D eigenvalue weighted by molar-refractivity contribution is 5.91. The van der Waals surface area contributed by atoms with Crippen molar-refractivity contribution < 1.29 is 9.52 Å². The lowest BCUT2D eigenvalue weighted by Gasteiger charge is -2.03. The molecule has 0 unspecified atom stereocenters. The van der Waals surface area contributed by atoms with Gasteiger partial charge in [0.15, 0.2) is 5.58 Å². The zero-order valence-electron chi connectivity index (χ0n) is 10.6. The molecular weight excluding hydrogens is 274 g/mol. The lowest BCUT2D eigenvalue weighted by molar-refractivity contribution is 0.475. The molecule has 3 N–H and O–H groups in total. The van der Waals surface area contributed by atoms with Gasteiger partial charge in [-0.1, -0.05) is 6.07 Å². The first-order valence-electron chi connectivity index (χ1n) is 6.19. The number of H-pyrrole nitrogens is 2. The van der Waals surface area contributed by atoms with Crippen LogP contribution >= 0.6 is 0 Å². The number of phenolic OH excluding ortho intramolecular Hbond substituents is 1. The molecule has 0 bridgehead atoms. The molecule has 0 fully saturated rings. The van der Waals surface area contributed by atoms with Crippen LogP contribution in [-0.4, -0.2) is 19.6 Å². The normalized spacial score (nSPS) is 11.4. The zero-order chi connectivity index (χ0) is 14.6. The van der Waals surface area contributed by atoms with Crippen LogP contribution in [0.5, 0.6) is 5.75 Å². The molecule has 0 aliphatic heterocycles. The van der Waals surface area contributed by atoms with Gasteiger partial charge in [0.1, 0.15) is 5.75 Å². The van der Waals surface area contributed by atoms with Gasteiger partial charge >= 0.3 is 11.4 Å². The molecule has 0 aliphatic rings. The number of benzene rings is 2. The van der Waals surface area contributed by atoms with E-state index >= 15 is 0 Å². The largest absolute Gasteiger partial charge is 0.508 e. The molecule has 104 valence electrons. The SMILES string of the molecule is O=c1[nH]c2cc3c(cc2o1)[nH]c(=O)n3-c1cccc(O)c1. The molecule has 7 heteroatoms. The van der Waals surface area contributed by atoms with Gasteiger partial charge in [-0.05, 0) is 18.2 Å². The Morgan fingerprint density at radius 1 is 1.05 bits per heavy atom. The van der Waals surface area contributed by atoms with E-state index in [0.29, 0.717) is 27.8 Å². The number of aromatic hydroxyl groups is 1. The average molecular weight is 283 g/mol. The fourth-order valence-electron chi connectivity index (χ4n) is 2.44. The van der Waals surface area contributed by atoms with Gasteiger partial charge in [0.25, 0.3) is 0 Å². The van der Waals surface area contributed by atoms with Gasteiger partial charge in [0.05, 0.1) is 22.2 Å². The second-order valence-corrected chi connectivity index (χ2v) is 4.67. The summed E-state index contributed by atoms with van der Waals surface area (Å²) in [5, 5.41) is 9.56. The molecule has 4 rings (SSSR count). The Labute approximate surface area is 116 Å². The minimum atomic E-state index is -0.552. The second kappa shape index (κ2) is 3.89. The van der Waals surface area contributed by atoms with Gasteiger partial charge in [0.2, 0.25) is 0 Å². The van der Waals surface area contributed by atoms with Crippen LogP contribution in [0.4, 0.5) is 0 Å². The van der Waals surface area contributed by atoms with Crippen LogP contribution in [0.1, 0.15) is 0 Å². The van der Waals surface area contributed by atoms with E-state index in [0.717, 1.165) is 0 Å². The van der Waals surface area contributed by atoms with Crippen molar-refractivity contribution in [3.05, 3.63) is 57.4 Å². The van der Waals surface area contributed by atoms with Crippen molar-refractivity contribution in [2.24, 2.45) is 0 Å². The molecule has 0 spiro atoms. The average Bonchev–Trinajstić information content (AvgIpc) is 2.93. The fraction of sp³-hybridized carbons (Fsp3) is 0. The van der Waals surface area contributed by atoms with Gasteiger partial charge in [-0.2, -0.15) is 0 Å². The minimum absolute atomic E-state index is 0.0616. The summed E-state index contributed by atoms with van der Waals surface area (Å²) in [4.78, 5) is 28.6. The predicted molar refractivity (Wildman–Crippen MR) is 76.0 cm³/mol. The van der Waals surface area contributed by atoms with Crippen LogP contribution in [0.3, 0.4) is 0 Å². The van der Waals surface area contributed by atoms with E-state index in [1.165, 1.54) is 16.7 Å². The second-order valence-electron chi connectivity index (χ2n) is 4.67. The molecule has 0 amide bonds. The maximum Gasteiger partial charge on any atom is 0.417 e. The quantitative estimate of drug-likeness (QED) is 0.492. The first kappa shape index (κ1) is 11.6. The molecule has 0 saturated carbocycles. The summed E-state index contributed by atoms with van der Waals surface area (Å²) in [6.07, 6.45) is 0. The molecule has 0 atom stereocenters. The molecule has 7 nitrogen and oxygen atoms in total.